The zero-order valence-corrected chi connectivity index (χ0v) is 15.7. The molecule has 0 amide bonds. The Morgan fingerprint density at radius 3 is 1.50 bits per heavy atom. The van der Waals surface area contributed by atoms with E-state index < -0.39 is 5.97 Å². The number of hydrogen-bond acceptors (Lipinski definition) is 5. The third-order valence-electron chi connectivity index (χ3n) is 3.91. The van der Waals surface area contributed by atoms with Gasteiger partial charge in [-0.1, -0.05) is 26.2 Å². The van der Waals surface area contributed by atoms with Crippen LogP contribution in [0.15, 0.2) is 0 Å². The number of aliphatic carboxylic acids is 1. The Kier molecular flexibility index (Phi) is 19.8. The number of carboxylic acid groups (broad SMARTS) is 1. The summed E-state index contributed by atoms with van der Waals surface area (Å²) in [4.78, 5) is 10.4. The minimum atomic E-state index is -0.690. The molecule has 0 radical (unpaired) electrons. The van der Waals surface area contributed by atoms with E-state index in [2.05, 4.69) is 28.2 Å². The lowest BCUT2D eigenvalue weighted by atomic mass is 10.2. The molecule has 0 spiro atoms. The summed E-state index contributed by atoms with van der Waals surface area (Å²) in [6.45, 7) is 10.5. The van der Waals surface area contributed by atoms with Crippen molar-refractivity contribution in [2.45, 2.75) is 58.3 Å². The molecule has 0 fully saturated rings. The van der Waals surface area contributed by atoms with Crippen LogP contribution in [0, 0.1) is 0 Å². The SMILES string of the molecule is CCNCCCCCCNCCNCCNCCCCCC(=O)O. The zero-order valence-electron chi connectivity index (χ0n) is 15.7. The van der Waals surface area contributed by atoms with Gasteiger partial charge in [0.2, 0.25) is 0 Å². The molecule has 0 aromatic carbocycles. The van der Waals surface area contributed by atoms with Crippen molar-refractivity contribution in [3.8, 4) is 0 Å². The Bertz CT molecular complexity index is 265. The minimum Gasteiger partial charge on any atom is -0.481 e. The molecule has 0 aliphatic rings. The Labute approximate surface area is 148 Å². The average Bonchev–Trinajstić information content (AvgIpc) is 2.56. The summed E-state index contributed by atoms with van der Waals surface area (Å²) in [5, 5.41) is 22.1. The Hall–Kier alpha value is -0.690. The topological polar surface area (TPSA) is 85.4 Å². The molecule has 0 aliphatic carbocycles. The summed E-state index contributed by atoms with van der Waals surface area (Å²) in [5.41, 5.74) is 0. The fraction of sp³-hybridized carbons (Fsp3) is 0.944. The largest absolute Gasteiger partial charge is 0.481 e. The van der Waals surface area contributed by atoms with Gasteiger partial charge < -0.3 is 26.4 Å². The highest BCUT2D eigenvalue weighted by atomic mass is 16.4. The van der Waals surface area contributed by atoms with E-state index >= 15 is 0 Å². The predicted molar refractivity (Wildman–Crippen MR) is 102 cm³/mol. The van der Waals surface area contributed by atoms with E-state index in [1.807, 2.05) is 0 Å². The highest BCUT2D eigenvalue weighted by molar-refractivity contribution is 5.66. The monoisotopic (exact) mass is 344 g/mol. The first-order valence-corrected chi connectivity index (χ1v) is 9.82. The average molecular weight is 345 g/mol. The van der Waals surface area contributed by atoms with Gasteiger partial charge in [-0.05, 0) is 51.9 Å². The van der Waals surface area contributed by atoms with Crippen LogP contribution in [0.2, 0.25) is 0 Å². The predicted octanol–water partition coefficient (Wildman–Crippen LogP) is 1.57. The number of rotatable bonds is 20. The van der Waals surface area contributed by atoms with E-state index in [4.69, 9.17) is 5.11 Å². The third-order valence-corrected chi connectivity index (χ3v) is 3.91. The van der Waals surface area contributed by atoms with Gasteiger partial charge in [0.1, 0.15) is 0 Å². The molecule has 144 valence electrons. The number of nitrogens with one attached hydrogen (secondary N) is 4. The first-order valence-electron chi connectivity index (χ1n) is 9.82. The normalized spacial score (nSPS) is 11.0. The minimum absolute atomic E-state index is 0.296. The second-order valence-electron chi connectivity index (χ2n) is 6.22. The Morgan fingerprint density at radius 1 is 0.625 bits per heavy atom. The number of hydrogen-bond donors (Lipinski definition) is 5. The smallest absolute Gasteiger partial charge is 0.303 e. The van der Waals surface area contributed by atoms with Crippen molar-refractivity contribution >= 4 is 5.97 Å². The van der Waals surface area contributed by atoms with Crippen LogP contribution in [0.5, 0.6) is 0 Å². The van der Waals surface area contributed by atoms with Crippen molar-refractivity contribution < 1.29 is 9.90 Å². The molecule has 0 heterocycles. The Morgan fingerprint density at radius 2 is 1.04 bits per heavy atom. The molecular weight excluding hydrogens is 304 g/mol. The van der Waals surface area contributed by atoms with Crippen LogP contribution in [0.3, 0.4) is 0 Å². The van der Waals surface area contributed by atoms with E-state index in [0.717, 1.165) is 71.6 Å². The van der Waals surface area contributed by atoms with Gasteiger partial charge in [0.25, 0.3) is 0 Å². The maximum Gasteiger partial charge on any atom is 0.303 e. The van der Waals surface area contributed by atoms with Crippen LogP contribution in [-0.2, 0) is 4.79 Å². The van der Waals surface area contributed by atoms with E-state index in [1.54, 1.807) is 0 Å². The summed E-state index contributed by atoms with van der Waals surface area (Å²) < 4.78 is 0. The van der Waals surface area contributed by atoms with Gasteiger partial charge in [0.05, 0.1) is 0 Å². The Balaban J connectivity index is 2.97. The number of carboxylic acids is 1. The molecule has 0 saturated heterocycles. The van der Waals surface area contributed by atoms with E-state index in [9.17, 15) is 4.79 Å². The maximum absolute atomic E-state index is 10.4. The molecular formula is C18H40N4O2. The lowest BCUT2D eigenvalue weighted by Gasteiger charge is -2.08. The number of unbranched alkanes of at least 4 members (excludes halogenated alkanes) is 5. The second kappa shape index (κ2) is 20.4. The maximum atomic E-state index is 10.4. The molecule has 5 N–H and O–H groups in total. The molecule has 6 nitrogen and oxygen atoms in total. The van der Waals surface area contributed by atoms with Gasteiger partial charge >= 0.3 is 5.97 Å². The van der Waals surface area contributed by atoms with Crippen molar-refractivity contribution in [2.24, 2.45) is 0 Å². The van der Waals surface area contributed by atoms with Gasteiger partial charge in [-0.3, -0.25) is 4.79 Å². The quantitative estimate of drug-likeness (QED) is 0.216. The summed E-state index contributed by atoms with van der Waals surface area (Å²) in [7, 11) is 0. The lowest BCUT2D eigenvalue weighted by molar-refractivity contribution is -0.137. The van der Waals surface area contributed by atoms with E-state index in [1.165, 1.54) is 25.7 Å². The highest BCUT2D eigenvalue weighted by Crippen LogP contribution is 1.98. The summed E-state index contributed by atoms with van der Waals surface area (Å²) in [5.74, 6) is -0.690. The molecule has 0 rings (SSSR count). The first-order chi connectivity index (χ1) is 11.8. The fourth-order valence-corrected chi connectivity index (χ4v) is 2.46. The highest BCUT2D eigenvalue weighted by Gasteiger charge is 1.96. The van der Waals surface area contributed by atoms with Crippen molar-refractivity contribution in [3.05, 3.63) is 0 Å². The van der Waals surface area contributed by atoms with Gasteiger partial charge in [0, 0.05) is 32.6 Å². The molecule has 0 unspecified atom stereocenters. The van der Waals surface area contributed by atoms with Gasteiger partial charge in [-0.2, -0.15) is 0 Å². The van der Waals surface area contributed by atoms with Crippen LogP contribution in [-0.4, -0.2) is 63.4 Å². The zero-order chi connectivity index (χ0) is 17.7. The van der Waals surface area contributed by atoms with Crippen molar-refractivity contribution in [1.82, 2.24) is 21.3 Å². The van der Waals surface area contributed by atoms with E-state index in [0.29, 0.717) is 6.42 Å². The van der Waals surface area contributed by atoms with Gasteiger partial charge in [-0.15, -0.1) is 0 Å². The summed E-state index contributed by atoms with van der Waals surface area (Å²) in [6, 6.07) is 0. The summed E-state index contributed by atoms with van der Waals surface area (Å²) in [6.07, 6.45) is 8.35. The molecule has 0 atom stereocenters. The van der Waals surface area contributed by atoms with Crippen LogP contribution < -0.4 is 21.3 Å². The standard InChI is InChI=1S/C18H40N4O2/c1-2-19-11-7-3-4-8-12-20-14-16-22-17-15-21-13-9-5-6-10-18(23)24/h19-22H,2-17H2,1H3,(H,23,24). The van der Waals surface area contributed by atoms with Crippen LogP contribution in [0.25, 0.3) is 0 Å². The van der Waals surface area contributed by atoms with Crippen LogP contribution >= 0.6 is 0 Å². The van der Waals surface area contributed by atoms with Crippen molar-refractivity contribution in [2.75, 3.05) is 52.4 Å². The second-order valence-corrected chi connectivity index (χ2v) is 6.22. The fourth-order valence-electron chi connectivity index (χ4n) is 2.46. The lowest BCUT2D eigenvalue weighted by Crippen LogP contribution is -2.33. The molecule has 0 aromatic heterocycles. The first kappa shape index (κ1) is 23.3. The van der Waals surface area contributed by atoms with Gasteiger partial charge in [0.15, 0.2) is 0 Å². The third kappa shape index (κ3) is 21.3. The molecule has 0 bridgehead atoms. The van der Waals surface area contributed by atoms with E-state index in [-0.39, 0.29) is 0 Å². The molecule has 0 aromatic rings. The van der Waals surface area contributed by atoms with Gasteiger partial charge in [-0.25, -0.2) is 0 Å². The number of carbonyl (C=O) groups is 1. The van der Waals surface area contributed by atoms with Crippen molar-refractivity contribution in [1.29, 1.82) is 0 Å². The van der Waals surface area contributed by atoms with Crippen LogP contribution in [0.4, 0.5) is 0 Å². The molecule has 0 saturated carbocycles. The van der Waals surface area contributed by atoms with Crippen LogP contribution in [0.1, 0.15) is 58.3 Å². The molecule has 24 heavy (non-hydrogen) atoms. The molecule has 6 heteroatoms. The molecule has 0 aliphatic heterocycles. The van der Waals surface area contributed by atoms with Crippen molar-refractivity contribution in [3.63, 3.8) is 0 Å². The summed E-state index contributed by atoms with van der Waals surface area (Å²) >= 11 is 0.